The third-order valence-corrected chi connectivity index (χ3v) is 7.03. The van der Waals surface area contributed by atoms with Gasteiger partial charge < -0.3 is 0 Å². The van der Waals surface area contributed by atoms with Crippen LogP contribution >= 0.6 is 0 Å². The van der Waals surface area contributed by atoms with Crippen LogP contribution in [-0.4, -0.2) is 6.18 Å². The van der Waals surface area contributed by atoms with E-state index in [0.29, 0.717) is 23.5 Å². The van der Waals surface area contributed by atoms with E-state index in [0.717, 1.165) is 31.6 Å². The molecular formula is C26H33F5. The van der Waals surface area contributed by atoms with Gasteiger partial charge in [-0.1, -0.05) is 31.9 Å². The van der Waals surface area contributed by atoms with Crippen LogP contribution in [0.25, 0.3) is 6.08 Å². The van der Waals surface area contributed by atoms with Crippen molar-refractivity contribution in [2.75, 3.05) is 0 Å². The van der Waals surface area contributed by atoms with Crippen LogP contribution in [0.5, 0.6) is 0 Å². The lowest BCUT2D eigenvalue weighted by Gasteiger charge is -2.29. The zero-order valence-corrected chi connectivity index (χ0v) is 18.2. The summed E-state index contributed by atoms with van der Waals surface area (Å²) >= 11 is 0. The van der Waals surface area contributed by atoms with E-state index in [-0.39, 0.29) is 12.0 Å². The van der Waals surface area contributed by atoms with Crippen molar-refractivity contribution >= 4 is 6.08 Å². The number of benzene rings is 1. The average molecular weight is 441 g/mol. The van der Waals surface area contributed by atoms with Gasteiger partial charge >= 0.3 is 6.18 Å². The van der Waals surface area contributed by atoms with Crippen LogP contribution in [0.15, 0.2) is 30.4 Å². The average Bonchev–Trinajstić information content (AvgIpc) is 2.72. The molecule has 2 fully saturated rings. The highest BCUT2D eigenvalue weighted by atomic mass is 19.4. The number of rotatable bonds is 6. The standard InChI is InChI=1S/C26H33F5/c1-2-3-18-4-6-19(7-5-18)8-9-20-10-12-21(13-11-20)22-16-24(27)23(25(28)17-22)14-15-26(29,30)31/h8-9,14-21H,2-7,10-13H2,1H3/b9-8+,15-14+. The first-order valence-electron chi connectivity index (χ1n) is 11.7. The molecule has 2 saturated carbocycles. The minimum Gasteiger partial charge on any atom is -0.206 e. The van der Waals surface area contributed by atoms with Gasteiger partial charge in [0, 0.05) is 11.6 Å². The van der Waals surface area contributed by atoms with Crippen molar-refractivity contribution in [2.45, 2.75) is 83.2 Å². The molecule has 0 nitrogen and oxygen atoms in total. The molecule has 0 bridgehead atoms. The molecule has 3 rings (SSSR count). The quantitative estimate of drug-likeness (QED) is 0.306. The predicted molar refractivity (Wildman–Crippen MR) is 116 cm³/mol. The summed E-state index contributed by atoms with van der Waals surface area (Å²) in [5, 5.41) is 0. The zero-order chi connectivity index (χ0) is 22.4. The van der Waals surface area contributed by atoms with Crippen LogP contribution in [0.2, 0.25) is 0 Å². The normalized spacial score (nSPS) is 27.9. The van der Waals surface area contributed by atoms with Crippen molar-refractivity contribution < 1.29 is 22.0 Å². The second-order valence-electron chi connectivity index (χ2n) is 9.34. The van der Waals surface area contributed by atoms with Gasteiger partial charge in [0.15, 0.2) is 0 Å². The molecule has 0 amide bonds. The summed E-state index contributed by atoms with van der Waals surface area (Å²) in [5.74, 6) is 0.284. The van der Waals surface area contributed by atoms with Crippen molar-refractivity contribution in [1.82, 2.24) is 0 Å². The van der Waals surface area contributed by atoms with E-state index in [4.69, 9.17) is 0 Å². The van der Waals surface area contributed by atoms with Gasteiger partial charge in [-0.05, 0) is 98.8 Å². The molecule has 172 valence electrons. The Hall–Kier alpha value is -1.65. The van der Waals surface area contributed by atoms with Gasteiger partial charge in [-0.2, -0.15) is 13.2 Å². The highest BCUT2D eigenvalue weighted by molar-refractivity contribution is 5.52. The molecule has 0 N–H and O–H groups in total. The summed E-state index contributed by atoms with van der Waals surface area (Å²) in [6, 6.07) is 2.41. The minimum absolute atomic E-state index is 0.0544. The summed E-state index contributed by atoms with van der Waals surface area (Å²) in [6.45, 7) is 2.25. The fraction of sp³-hybridized carbons (Fsp3) is 0.615. The second-order valence-corrected chi connectivity index (χ2v) is 9.34. The second kappa shape index (κ2) is 10.8. The van der Waals surface area contributed by atoms with E-state index < -0.39 is 23.4 Å². The highest BCUT2D eigenvalue weighted by Crippen LogP contribution is 2.38. The first kappa shape index (κ1) is 24.0. The van der Waals surface area contributed by atoms with Crippen molar-refractivity contribution in [3.05, 3.63) is 53.1 Å². The molecule has 0 radical (unpaired) electrons. The fourth-order valence-electron chi connectivity index (χ4n) is 5.21. The lowest BCUT2D eigenvalue weighted by molar-refractivity contribution is -0.0790. The number of allylic oxidation sites excluding steroid dienone is 3. The Labute approximate surface area is 182 Å². The molecule has 0 unspecified atom stereocenters. The Morgan fingerprint density at radius 3 is 1.84 bits per heavy atom. The van der Waals surface area contributed by atoms with Gasteiger partial charge in [0.25, 0.3) is 0 Å². The molecule has 1 aromatic rings. The number of alkyl halides is 3. The maximum atomic E-state index is 14.3. The number of hydrogen-bond acceptors (Lipinski definition) is 0. The summed E-state index contributed by atoms with van der Waals surface area (Å²) in [5.41, 5.74) is -0.0813. The zero-order valence-electron chi connectivity index (χ0n) is 18.2. The SMILES string of the molecule is CCCC1CCC(/C=C/C2CCC(c3cc(F)c(/C=C/C(F)(F)F)c(F)c3)CC2)CC1. The van der Waals surface area contributed by atoms with Crippen molar-refractivity contribution in [3.63, 3.8) is 0 Å². The molecule has 31 heavy (non-hydrogen) atoms. The van der Waals surface area contributed by atoms with E-state index in [9.17, 15) is 22.0 Å². The lowest BCUT2D eigenvalue weighted by Crippen LogP contribution is -2.15. The van der Waals surface area contributed by atoms with Crippen LogP contribution in [0, 0.1) is 29.4 Å². The molecule has 0 aliphatic heterocycles. The molecular weight excluding hydrogens is 407 g/mol. The van der Waals surface area contributed by atoms with Crippen molar-refractivity contribution in [2.24, 2.45) is 17.8 Å². The maximum absolute atomic E-state index is 14.3. The third kappa shape index (κ3) is 7.18. The van der Waals surface area contributed by atoms with Crippen LogP contribution < -0.4 is 0 Å². The van der Waals surface area contributed by atoms with Gasteiger partial charge in [0.05, 0.1) is 0 Å². The molecule has 0 saturated heterocycles. The molecule has 0 heterocycles. The van der Waals surface area contributed by atoms with Gasteiger partial charge in [0.2, 0.25) is 0 Å². The smallest absolute Gasteiger partial charge is 0.206 e. The first-order valence-corrected chi connectivity index (χ1v) is 11.7. The van der Waals surface area contributed by atoms with Gasteiger partial charge in [0.1, 0.15) is 11.6 Å². The Morgan fingerprint density at radius 2 is 1.35 bits per heavy atom. The molecule has 2 aliphatic carbocycles. The molecule has 0 aromatic heterocycles. The maximum Gasteiger partial charge on any atom is 0.409 e. The Kier molecular flexibility index (Phi) is 8.35. The van der Waals surface area contributed by atoms with Gasteiger partial charge in [-0.15, -0.1) is 0 Å². The van der Waals surface area contributed by atoms with E-state index in [1.807, 2.05) is 0 Å². The van der Waals surface area contributed by atoms with Crippen LogP contribution in [0.1, 0.15) is 88.2 Å². The topological polar surface area (TPSA) is 0 Å². The predicted octanol–water partition coefficient (Wildman–Crippen LogP) is 8.98. The van der Waals surface area contributed by atoms with E-state index in [1.54, 1.807) is 0 Å². The Morgan fingerprint density at radius 1 is 0.839 bits per heavy atom. The van der Waals surface area contributed by atoms with Crippen LogP contribution in [0.4, 0.5) is 22.0 Å². The monoisotopic (exact) mass is 440 g/mol. The highest BCUT2D eigenvalue weighted by Gasteiger charge is 2.25. The van der Waals surface area contributed by atoms with Crippen molar-refractivity contribution in [3.8, 4) is 0 Å². The Bertz CT molecular complexity index is 737. The van der Waals surface area contributed by atoms with Crippen LogP contribution in [-0.2, 0) is 0 Å². The van der Waals surface area contributed by atoms with E-state index >= 15 is 0 Å². The molecule has 2 aliphatic rings. The fourth-order valence-corrected chi connectivity index (χ4v) is 5.21. The molecule has 0 atom stereocenters. The molecule has 0 spiro atoms. The summed E-state index contributed by atoms with van der Waals surface area (Å²) in [6.07, 6.45) is 12.0. The summed E-state index contributed by atoms with van der Waals surface area (Å²) in [7, 11) is 0. The van der Waals surface area contributed by atoms with Gasteiger partial charge in [-0.3, -0.25) is 0 Å². The third-order valence-electron chi connectivity index (χ3n) is 7.03. The number of hydrogen-bond donors (Lipinski definition) is 0. The Balaban J connectivity index is 1.52. The molecule has 5 heteroatoms. The minimum atomic E-state index is -4.60. The largest absolute Gasteiger partial charge is 0.409 e. The van der Waals surface area contributed by atoms with Gasteiger partial charge in [-0.25, -0.2) is 8.78 Å². The van der Waals surface area contributed by atoms with Crippen molar-refractivity contribution in [1.29, 1.82) is 0 Å². The summed E-state index contributed by atoms with van der Waals surface area (Å²) < 4.78 is 65.4. The van der Waals surface area contributed by atoms with E-state index in [2.05, 4.69) is 19.1 Å². The van der Waals surface area contributed by atoms with E-state index in [1.165, 1.54) is 50.7 Å². The summed E-state index contributed by atoms with van der Waals surface area (Å²) in [4.78, 5) is 0. The first-order chi connectivity index (χ1) is 14.7. The number of halogens is 5. The molecule has 1 aromatic carbocycles. The van der Waals surface area contributed by atoms with Crippen LogP contribution in [0.3, 0.4) is 0 Å². The lowest BCUT2D eigenvalue weighted by atomic mass is 9.76.